The van der Waals surface area contributed by atoms with E-state index in [1.807, 2.05) is 0 Å². The summed E-state index contributed by atoms with van der Waals surface area (Å²) in [5, 5.41) is 23.8. The molecule has 0 spiro atoms. The number of esters is 1. The van der Waals surface area contributed by atoms with E-state index < -0.39 is 18.2 Å². The maximum Gasteiger partial charge on any atom is 0.306 e. The summed E-state index contributed by atoms with van der Waals surface area (Å²) in [6.45, 7) is 6.45. The molecule has 0 aliphatic carbocycles. The van der Waals surface area contributed by atoms with Crippen molar-refractivity contribution in [3.8, 4) is 0 Å². The van der Waals surface area contributed by atoms with Crippen LogP contribution in [0.5, 0.6) is 0 Å². The predicted molar refractivity (Wildman–Crippen MR) is 250 cm³/mol. The predicted octanol–water partition coefficient (Wildman–Crippen LogP) is 15.1. The van der Waals surface area contributed by atoms with E-state index in [1.54, 1.807) is 0 Å². The number of nitrogens with one attached hydrogen (secondary N) is 1. The van der Waals surface area contributed by atoms with E-state index in [1.165, 1.54) is 154 Å². The van der Waals surface area contributed by atoms with Crippen LogP contribution < -0.4 is 5.32 Å². The molecular weight excluding hydrogens is 719 g/mol. The summed E-state index contributed by atoms with van der Waals surface area (Å²) in [7, 11) is 0. The minimum absolute atomic E-state index is 0.0688. The second kappa shape index (κ2) is 46.4. The molecule has 3 atom stereocenters. The molecule has 0 aromatic heterocycles. The van der Waals surface area contributed by atoms with Gasteiger partial charge in [0.05, 0.1) is 25.2 Å². The highest BCUT2D eigenvalue weighted by Gasteiger charge is 2.24. The Balaban J connectivity index is 4.51. The van der Waals surface area contributed by atoms with Crippen LogP contribution in [-0.4, -0.2) is 46.9 Å². The number of unbranched alkanes of at least 4 members (excludes halogenated alkanes) is 31. The van der Waals surface area contributed by atoms with Crippen LogP contribution >= 0.6 is 0 Å². The number of hydrogen-bond acceptors (Lipinski definition) is 5. The number of hydrogen-bond donors (Lipinski definition) is 3. The van der Waals surface area contributed by atoms with Crippen molar-refractivity contribution >= 4 is 11.9 Å². The third-order valence-electron chi connectivity index (χ3n) is 11.8. The van der Waals surface area contributed by atoms with Crippen LogP contribution in [-0.2, 0) is 14.3 Å². The molecule has 0 aliphatic rings. The number of aliphatic hydroxyl groups is 2. The van der Waals surface area contributed by atoms with Crippen LogP contribution in [0.4, 0.5) is 0 Å². The van der Waals surface area contributed by atoms with E-state index in [9.17, 15) is 19.8 Å². The zero-order valence-corrected chi connectivity index (χ0v) is 38.9. The molecule has 3 unspecified atom stereocenters. The van der Waals surface area contributed by atoms with Gasteiger partial charge in [-0.05, 0) is 51.4 Å². The first-order valence-corrected chi connectivity index (χ1v) is 25.6. The quantitative estimate of drug-likeness (QED) is 0.0323. The Bertz CT molecular complexity index is 919. The summed E-state index contributed by atoms with van der Waals surface area (Å²) in [4.78, 5) is 26.0. The van der Waals surface area contributed by atoms with Gasteiger partial charge in [0.1, 0.15) is 6.10 Å². The molecule has 0 rings (SSSR count). The van der Waals surface area contributed by atoms with E-state index in [0.717, 1.165) is 70.6 Å². The second-order valence-electron chi connectivity index (χ2n) is 17.6. The summed E-state index contributed by atoms with van der Waals surface area (Å²) in [5.74, 6) is -0.484. The SMILES string of the molecule is CCCCC/C=C/C=C/CCCCCCC(CC(=O)NC(CO)C(O)CCCCCCCCCCCCCCCCCC)OC(=O)CCCCCCCCCCCC. The maximum absolute atomic E-state index is 13.2. The van der Waals surface area contributed by atoms with Crippen molar-refractivity contribution in [1.29, 1.82) is 0 Å². The van der Waals surface area contributed by atoms with Gasteiger partial charge in [0, 0.05) is 6.42 Å². The topological polar surface area (TPSA) is 95.9 Å². The summed E-state index contributed by atoms with van der Waals surface area (Å²) < 4.78 is 5.91. The summed E-state index contributed by atoms with van der Waals surface area (Å²) >= 11 is 0. The van der Waals surface area contributed by atoms with Gasteiger partial charge in [-0.1, -0.05) is 231 Å². The Hall–Kier alpha value is -1.66. The lowest BCUT2D eigenvalue weighted by atomic mass is 10.0. The molecule has 6 heteroatoms. The van der Waals surface area contributed by atoms with E-state index >= 15 is 0 Å². The zero-order valence-electron chi connectivity index (χ0n) is 38.9. The number of amides is 1. The van der Waals surface area contributed by atoms with Crippen LogP contribution in [0, 0.1) is 0 Å². The Kier molecular flexibility index (Phi) is 45.1. The zero-order chi connectivity index (χ0) is 42.4. The van der Waals surface area contributed by atoms with E-state index in [-0.39, 0.29) is 24.9 Å². The lowest BCUT2D eigenvalue weighted by molar-refractivity contribution is -0.151. The Morgan fingerprint density at radius 1 is 0.500 bits per heavy atom. The highest BCUT2D eigenvalue weighted by atomic mass is 16.5. The maximum atomic E-state index is 13.2. The molecule has 58 heavy (non-hydrogen) atoms. The monoisotopic (exact) mass is 818 g/mol. The van der Waals surface area contributed by atoms with Crippen molar-refractivity contribution in [2.75, 3.05) is 6.61 Å². The van der Waals surface area contributed by atoms with Gasteiger partial charge in [0.2, 0.25) is 5.91 Å². The minimum atomic E-state index is -0.788. The normalized spacial score (nSPS) is 13.4. The average Bonchev–Trinajstić information content (AvgIpc) is 3.22. The van der Waals surface area contributed by atoms with Crippen LogP contribution in [0.15, 0.2) is 24.3 Å². The fourth-order valence-corrected chi connectivity index (χ4v) is 7.89. The smallest absolute Gasteiger partial charge is 0.306 e. The molecule has 0 radical (unpaired) electrons. The first-order chi connectivity index (χ1) is 28.5. The van der Waals surface area contributed by atoms with Crippen molar-refractivity contribution in [1.82, 2.24) is 5.32 Å². The Morgan fingerprint density at radius 3 is 1.31 bits per heavy atom. The number of rotatable bonds is 46. The van der Waals surface area contributed by atoms with Crippen molar-refractivity contribution in [3.63, 3.8) is 0 Å². The Labute approximate surface area is 361 Å². The van der Waals surface area contributed by atoms with Crippen LogP contribution in [0.3, 0.4) is 0 Å². The number of carbonyl (C=O) groups is 2. The molecule has 1 amide bonds. The molecule has 0 aromatic carbocycles. The lowest BCUT2D eigenvalue weighted by Gasteiger charge is -2.24. The van der Waals surface area contributed by atoms with Crippen molar-refractivity contribution in [2.24, 2.45) is 0 Å². The molecular formula is C52H99NO5. The van der Waals surface area contributed by atoms with Gasteiger partial charge >= 0.3 is 5.97 Å². The first-order valence-electron chi connectivity index (χ1n) is 25.6. The average molecular weight is 818 g/mol. The van der Waals surface area contributed by atoms with Crippen LogP contribution in [0.1, 0.15) is 271 Å². The largest absolute Gasteiger partial charge is 0.462 e. The van der Waals surface area contributed by atoms with E-state index in [2.05, 4.69) is 50.4 Å². The lowest BCUT2D eigenvalue weighted by Crippen LogP contribution is -2.46. The molecule has 342 valence electrons. The van der Waals surface area contributed by atoms with Gasteiger partial charge in [-0.2, -0.15) is 0 Å². The summed E-state index contributed by atoms with van der Waals surface area (Å²) in [6, 6.07) is -0.703. The summed E-state index contributed by atoms with van der Waals surface area (Å²) in [6.07, 6.45) is 52.4. The number of carbonyl (C=O) groups excluding carboxylic acids is 2. The number of allylic oxidation sites excluding steroid dienone is 4. The molecule has 0 saturated carbocycles. The minimum Gasteiger partial charge on any atom is -0.462 e. The van der Waals surface area contributed by atoms with Crippen molar-refractivity contribution < 1.29 is 24.5 Å². The fourth-order valence-electron chi connectivity index (χ4n) is 7.89. The van der Waals surface area contributed by atoms with Gasteiger partial charge in [0.25, 0.3) is 0 Å². The van der Waals surface area contributed by atoms with Crippen molar-refractivity contribution in [3.05, 3.63) is 24.3 Å². The molecule has 3 N–H and O–H groups in total. The van der Waals surface area contributed by atoms with Gasteiger partial charge < -0.3 is 20.3 Å². The molecule has 0 fully saturated rings. The van der Waals surface area contributed by atoms with Gasteiger partial charge in [-0.15, -0.1) is 0 Å². The van der Waals surface area contributed by atoms with Gasteiger partial charge in [-0.3, -0.25) is 9.59 Å². The molecule has 0 saturated heterocycles. The van der Waals surface area contributed by atoms with Crippen molar-refractivity contribution in [2.45, 2.75) is 289 Å². The molecule has 0 aromatic rings. The molecule has 0 heterocycles. The highest BCUT2D eigenvalue weighted by molar-refractivity contribution is 5.77. The van der Waals surface area contributed by atoms with Gasteiger partial charge in [0.15, 0.2) is 0 Å². The molecule has 0 bridgehead atoms. The standard InChI is InChI=1S/C52H99NO5/c1-4-7-10-13-16-19-22-24-25-26-28-30-32-35-38-41-44-50(55)49(47-54)53-51(56)46-48(43-40-37-34-31-29-27-23-20-17-14-11-8-5-2)58-52(57)45-42-39-36-33-21-18-15-12-9-6-3/h17,20,23,27,48-50,54-55H,4-16,18-19,21-22,24-26,28-47H2,1-3H3,(H,53,56)/b20-17+,27-23+. The van der Waals surface area contributed by atoms with Crippen LogP contribution in [0.2, 0.25) is 0 Å². The third kappa shape index (κ3) is 41.1. The van der Waals surface area contributed by atoms with E-state index in [0.29, 0.717) is 19.3 Å². The Morgan fingerprint density at radius 2 is 0.862 bits per heavy atom. The summed E-state index contributed by atoms with van der Waals surface area (Å²) in [5.41, 5.74) is 0. The van der Waals surface area contributed by atoms with E-state index in [4.69, 9.17) is 4.74 Å². The number of aliphatic hydroxyl groups excluding tert-OH is 2. The third-order valence-corrected chi connectivity index (χ3v) is 11.8. The molecule has 6 nitrogen and oxygen atoms in total. The number of ether oxygens (including phenoxy) is 1. The fraction of sp³-hybridized carbons (Fsp3) is 0.885. The second-order valence-corrected chi connectivity index (χ2v) is 17.6. The van der Waals surface area contributed by atoms with Crippen LogP contribution in [0.25, 0.3) is 0 Å². The molecule has 0 aliphatic heterocycles. The highest BCUT2D eigenvalue weighted by Crippen LogP contribution is 2.18. The first kappa shape index (κ1) is 56.3. The van der Waals surface area contributed by atoms with Gasteiger partial charge in [-0.25, -0.2) is 0 Å².